The monoisotopic (exact) mass is 474 g/mol. The Balaban J connectivity index is 1.28. The Morgan fingerprint density at radius 2 is 1.32 bits per heavy atom. The highest BCUT2D eigenvalue weighted by Gasteiger charge is 2.48. The van der Waals surface area contributed by atoms with Crippen molar-refractivity contribution in [1.82, 2.24) is 9.80 Å². The predicted octanol–water partition coefficient (Wildman–Crippen LogP) is 2.76. The molecule has 0 aromatic rings. The van der Waals surface area contributed by atoms with Gasteiger partial charge in [0.15, 0.2) is 0 Å². The quantitative estimate of drug-likeness (QED) is 0.330. The third-order valence-electron chi connectivity index (χ3n) is 8.35. The Kier molecular flexibility index (Phi) is 7.48. The molecule has 4 saturated heterocycles. The number of piperidine rings is 2. The molecule has 0 aromatic carbocycles. The maximum absolute atomic E-state index is 12.6. The first-order valence-electron chi connectivity index (χ1n) is 12.5. The fourth-order valence-electron chi connectivity index (χ4n) is 6.08. The largest absolute Gasteiger partial charge is 0.459 e. The van der Waals surface area contributed by atoms with E-state index in [2.05, 4.69) is 16.8 Å². The fraction of sp³-hybridized carbons (Fsp3) is 0.731. The van der Waals surface area contributed by atoms with Crippen LogP contribution in [0.1, 0.15) is 65.7 Å². The highest BCUT2D eigenvalue weighted by atomic mass is 16.6. The molecule has 4 bridgehead atoms. The molecule has 0 aliphatic carbocycles. The van der Waals surface area contributed by atoms with Crippen LogP contribution in [0.15, 0.2) is 23.3 Å². The second-order valence-corrected chi connectivity index (χ2v) is 10.4. The zero-order chi connectivity index (χ0) is 24.6. The van der Waals surface area contributed by atoms with Gasteiger partial charge in [0.25, 0.3) is 0 Å². The van der Waals surface area contributed by atoms with Crippen LogP contribution in [0.25, 0.3) is 0 Å². The zero-order valence-electron chi connectivity index (χ0n) is 21.0. The molecular weight excluding hydrogens is 436 g/mol. The second kappa shape index (κ2) is 10.2. The molecule has 0 amide bonds. The number of likely N-dealkylation sites (N-methyl/N-ethyl adjacent to an activating group) is 1. The number of ether oxygens (including phenoxy) is 3. The number of hydrogen-bond acceptors (Lipinski definition) is 8. The third-order valence-corrected chi connectivity index (χ3v) is 8.35. The van der Waals surface area contributed by atoms with Crippen molar-refractivity contribution in [1.29, 1.82) is 0 Å². The van der Waals surface area contributed by atoms with Crippen molar-refractivity contribution in [2.75, 3.05) is 14.1 Å². The van der Waals surface area contributed by atoms with E-state index in [1.165, 1.54) is 6.08 Å². The maximum atomic E-state index is 12.6. The minimum Gasteiger partial charge on any atom is -0.459 e. The van der Waals surface area contributed by atoms with Crippen molar-refractivity contribution < 1.29 is 28.6 Å². The number of rotatable bonds is 6. The number of esters is 3. The number of hydrogen-bond donors (Lipinski definition) is 0. The van der Waals surface area contributed by atoms with E-state index in [4.69, 9.17) is 14.2 Å². The van der Waals surface area contributed by atoms with E-state index in [1.54, 1.807) is 19.9 Å². The van der Waals surface area contributed by atoms with E-state index in [-0.39, 0.29) is 41.9 Å². The summed E-state index contributed by atoms with van der Waals surface area (Å²) in [5.74, 6) is -1.26. The third kappa shape index (κ3) is 5.23. The molecular formula is C26H38N2O6. The summed E-state index contributed by atoms with van der Waals surface area (Å²) >= 11 is 0. The number of carbonyl (C=O) groups is 3. The van der Waals surface area contributed by atoms with Gasteiger partial charge in [-0.3, -0.25) is 4.90 Å². The van der Waals surface area contributed by atoms with Gasteiger partial charge in [-0.25, -0.2) is 14.4 Å². The molecule has 8 nitrogen and oxygen atoms in total. The van der Waals surface area contributed by atoms with Crippen LogP contribution >= 0.6 is 0 Å². The summed E-state index contributed by atoms with van der Waals surface area (Å²) in [6.45, 7) is 5.16. The van der Waals surface area contributed by atoms with Gasteiger partial charge in [0, 0.05) is 67.5 Å². The van der Waals surface area contributed by atoms with E-state index < -0.39 is 11.9 Å². The van der Waals surface area contributed by atoms with Crippen molar-refractivity contribution in [2.24, 2.45) is 0 Å². The summed E-state index contributed by atoms with van der Waals surface area (Å²) in [6, 6.07) is 1.17. The van der Waals surface area contributed by atoms with Crippen molar-refractivity contribution in [3.8, 4) is 0 Å². The average molecular weight is 475 g/mol. The van der Waals surface area contributed by atoms with Crippen molar-refractivity contribution in [2.45, 2.75) is 108 Å². The van der Waals surface area contributed by atoms with E-state index in [0.717, 1.165) is 32.1 Å². The molecule has 4 heterocycles. The Morgan fingerprint density at radius 3 is 1.97 bits per heavy atom. The van der Waals surface area contributed by atoms with Crippen molar-refractivity contribution >= 4 is 17.9 Å². The predicted molar refractivity (Wildman–Crippen MR) is 126 cm³/mol. The van der Waals surface area contributed by atoms with E-state index in [9.17, 15) is 14.4 Å². The zero-order valence-corrected chi connectivity index (χ0v) is 21.0. The SMILES string of the molecule is C/C=C(\C)C(=O)OC1CC2CC(OC(=O)/C=C(\C)C(=O)OC3CC4CCC(C3)N4C)CC1N2C. The highest BCUT2D eigenvalue weighted by Crippen LogP contribution is 2.38. The molecule has 0 spiro atoms. The van der Waals surface area contributed by atoms with Crippen LogP contribution in [-0.2, 0) is 28.6 Å². The minimum atomic E-state index is -0.523. The summed E-state index contributed by atoms with van der Waals surface area (Å²) in [5.41, 5.74) is 0.855. The van der Waals surface area contributed by atoms with Crippen LogP contribution in [0.2, 0.25) is 0 Å². The standard InChI is InChI=1S/C26H38N2O6/c1-6-15(2)25(30)34-23-13-19-12-21(14-22(23)28(19)5)32-24(29)9-16(3)26(31)33-20-10-17-7-8-18(11-20)27(17)4/h6,9,17-23H,7-8,10-14H2,1-5H3/b15-6+,16-9+. The number of nitrogens with zero attached hydrogens (tertiary/aromatic N) is 2. The van der Waals surface area contributed by atoms with Gasteiger partial charge in [-0.15, -0.1) is 0 Å². The number of carbonyl (C=O) groups excluding carboxylic acids is 3. The lowest BCUT2D eigenvalue weighted by molar-refractivity contribution is -0.151. The van der Waals surface area contributed by atoms with Crippen LogP contribution in [0.4, 0.5) is 0 Å². The first-order chi connectivity index (χ1) is 16.2. The highest BCUT2D eigenvalue weighted by molar-refractivity contribution is 5.96. The smallest absolute Gasteiger partial charge is 0.334 e. The van der Waals surface area contributed by atoms with Gasteiger partial charge in [-0.05, 0) is 47.7 Å². The Morgan fingerprint density at radius 1 is 0.735 bits per heavy atom. The number of allylic oxidation sites excluding steroid dienone is 1. The molecule has 188 valence electrons. The molecule has 0 radical (unpaired) electrons. The van der Waals surface area contributed by atoms with Gasteiger partial charge in [-0.2, -0.15) is 0 Å². The molecule has 6 atom stereocenters. The van der Waals surface area contributed by atoms with Gasteiger partial charge in [0.1, 0.15) is 18.3 Å². The van der Waals surface area contributed by atoms with Crippen LogP contribution in [0, 0.1) is 0 Å². The summed E-state index contributed by atoms with van der Waals surface area (Å²) in [6.07, 6.45) is 8.47. The van der Waals surface area contributed by atoms with Crippen molar-refractivity contribution in [3.63, 3.8) is 0 Å². The molecule has 4 aliphatic heterocycles. The van der Waals surface area contributed by atoms with E-state index in [1.807, 2.05) is 14.0 Å². The van der Waals surface area contributed by atoms with Crippen molar-refractivity contribution in [3.05, 3.63) is 23.3 Å². The molecule has 0 N–H and O–H groups in total. The normalized spacial score (nSPS) is 36.3. The fourth-order valence-corrected chi connectivity index (χ4v) is 6.08. The summed E-state index contributed by atoms with van der Waals surface area (Å²) < 4.78 is 17.1. The first kappa shape index (κ1) is 24.9. The topological polar surface area (TPSA) is 85.4 Å². The van der Waals surface area contributed by atoms with Crippen LogP contribution in [0.3, 0.4) is 0 Å². The minimum absolute atomic E-state index is 0.0139. The van der Waals surface area contributed by atoms with Crippen LogP contribution in [0.5, 0.6) is 0 Å². The summed E-state index contributed by atoms with van der Waals surface area (Å²) in [7, 11) is 4.17. The Hall–Kier alpha value is -2.19. The Bertz CT molecular complexity index is 869. The average Bonchev–Trinajstić information content (AvgIpc) is 3.09. The van der Waals surface area contributed by atoms with Gasteiger partial charge >= 0.3 is 17.9 Å². The molecule has 4 aliphatic rings. The van der Waals surface area contributed by atoms with Gasteiger partial charge in [0.05, 0.1) is 6.04 Å². The molecule has 4 rings (SSSR count). The van der Waals surface area contributed by atoms with Crippen LogP contribution < -0.4 is 0 Å². The molecule has 6 unspecified atom stereocenters. The summed E-state index contributed by atoms with van der Waals surface area (Å²) in [4.78, 5) is 42.0. The molecule has 4 fully saturated rings. The Labute approximate surface area is 202 Å². The molecule has 8 heteroatoms. The lowest BCUT2D eigenvalue weighted by Gasteiger charge is -2.36. The van der Waals surface area contributed by atoms with Crippen LogP contribution in [-0.4, -0.2) is 84.3 Å². The number of fused-ring (bicyclic) bond motifs is 4. The van der Waals surface area contributed by atoms with E-state index >= 15 is 0 Å². The second-order valence-electron chi connectivity index (χ2n) is 10.4. The maximum Gasteiger partial charge on any atom is 0.334 e. The molecule has 0 saturated carbocycles. The molecule has 0 aromatic heterocycles. The van der Waals surface area contributed by atoms with E-state index in [0.29, 0.717) is 30.5 Å². The summed E-state index contributed by atoms with van der Waals surface area (Å²) in [5, 5.41) is 0. The lowest BCUT2D eigenvalue weighted by atomic mass is 10.00. The molecule has 34 heavy (non-hydrogen) atoms. The van der Waals surface area contributed by atoms with Gasteiger partial charge < -0.3 is 19.1 Å². The first-order valence-corrected chi connectivity index (χ1v) is 12.5. The van der Waals surface area contributed by atoms with Gasteiger partial charge in [-0.1, -0.05) is 6.08 Å². The lowest BCUT2D eigenvalue weighted by Crippen LogP contribution is -2.46. The van der Waals surface area contributed by atoms with Gasteiger partial charge in [0.2, 0.25) is 0 Å².